The summed E-state index contributed by atoms with van der Waals surface area (Å²) in [5.74, 6) is 1.15. The van der Waals surface area contributed by atoms with Crippen molar-refractivity contribution >= 4 is 13.5 Å². The van der Waals surface area contributed by atoms with Crippen LogP contribution < -0.4 is 0 Å². The molecule has 0 saturated heterocycles. The smallest absolute Gasteiger partial charge is 0.0414 e. The van der Waals surface area contributed by atoms with Crippen molar-refractivity contribution in [2.24, 2.45) is 5.92 Å². The summed E-state index contributed by atoms with van der Waals surface area (Å²) in [6.45, 7) is 2.26. The van der Waals surface area contributed by atoms with Crippen molar-refractivity contribution in [2.45, 2.75) is 32.6 Å². The minimum absolute atomic E-state index is 0. The summed E-state index contributed by atoms with van der Waals surface area (Å²) in [5.41, 5.74) is 0. The van der Waals surface area contributed by atoms with Gasteiger partial charge < -0.3 is 0 Å². The van der Waals surface area contributed by atoms with Crippen molar-refractivity contribution in [3.8, 4) is 0 Å². The molecule has 0 aliphatic heterocycles. The van der Waals surface area contributed by atoms with Gasteiger partial charge in [-0.15, -0.1) is 0 Å². The van der Waals surface area contributed by atoms with Gasteiger partial charge in [0.2, 0.25) is 0 Å². The van der Waals surface area contributed by atoms with E-state index in [-0.39, 0.29) is 13.5 Å². The molecule has 1 saturated carbocycles. The largest absolute Gasteiger partial charge is 0.197 e. The van der Waals surface area contributed by atoms with Gasteiger partial charge in [-0.1, -0.05) is 32.6 Å². The van der Waals surface area contributed by atoms with Crippen LogP contribution >= 0.6 is 13.5 Å². The van der Waals surface area contributed by atoms with Crippen molar-refractivity contribution in [1.82, 2.24) is 0 Å². The Bertz CT molecular complexity index is 39.4. The average molecular weight is 118 g/mol. The fourth-order valence-corrected chi connectivity index (χ4v) is 0.815. The standard InChI is InChI=1S/C6H12.H2S/c1-2-3-6-4-5-6;/h6H,2-5H2,1H3;1H2. The molecular formula is C6H14S. The molecule has 0 atom stereocenters. The highest BCUT2D eigenvalue weighted by atomic mass is 32.1. The van der Waals surface area contributed by atoms with Crippen LogP contribution in [0.3, 0.4) is 0 Å². The molecular weight excluding hydrogens is 104 g/mol. The van der Waals surface area contributed by atoms with Crippen molar-refractivity contribution in [1.29, 1.82) is 0 Å². The SMILES string of the molecule is CCCC1CC1.S. The highest BCUT2D eigenvalue weighted by molar-refractivity contribution is 7.59. The first-order valence-electron chi connectivity index (χ1n) is 2.93. The van der Waals surface area contributed by atoms with Gasteiger partial charge >= 0.3 is 0 Å². The van der Waals surface area contributed by atoms with Crippen LogP contribution in [-0.4, -0.2) is 0 Å². The van der Waals surface area contributed by atoms with Crippen LogP contribution in [0.5, 0.6) is 0 Å². The Kier molecular flexibility index (Phi) is 3.53. The predicted molar refractivity (Wildman–Crippen MR) is 38.0 cm³/mol. The first kappa shape index (κ1) is 7.35. The van der Waals surface area contributed by atoms with Crippen LogP contribution in [0, 0.1) is 5.92 Å². The maximum absolute atomic E-state index is 2.26. The molecule has 0 unspecified atom stereocenters. The van der Waals surface area contributed by atoms with Gasteiger partial charge in [-0.3, -0.25) is 0 Å². The minimum Gasteiger partial charge on any atom is -0.197 e. The van der Waals surface area contributed by atoms with Crippen LogP contribution in [0.15, 0.2) is 0 Å². The van der Waals surface area contributed by atoms with E-state index >= 15 is 0 Å². The fourth-order valence-electron chi connectivity index (χ4n) is 0.815. The van der Waals surface area contributed by atoms with E-state index in [9.17, 15) is 0 Å². The molecule has 0 aromatic carbocycles. The third kappa shape index (κ3) is 2.98. The summed E-state index contributed by atoms with van der Waals surface area (Å²) in [7, 11) is 0. The highest BCUT2D eigenvalue weighted by Gasteiger charge is 2.18. The Labute approximate surface area is 52.8 Å². The van der Waals surface area contributed by atoms with Gasteiger partial charge in [0.25, 0.3) is 0 Å². The van der Waals surface area contributed by atoms with E-state index in [0.717, 1.165) is 5.92 Å². The second kappa shape index (κ2) is 3.36. The molecule has 1 aliphatic rings. The van der Waals surface area contributed by atoms with Crippen molar-refractivity contribution in [2.75, 3.05) is 0 Å². The molecule has 0 spiro atoms. The van der Waals surface area contributed by atoms with E-state index in [1.54, 1.807) is 0 Å². The summed E-state index contributed by atoms with van der Waals surface area (Å²) < 4.78 is 0. The van der Waals surface area contributed by atoms with E-state index < -0.39 is 0 Å². The molecule has 0 bridgehead atoms. The van der Waals surface area contributed by atoms with E-state index in [1.165, 1.54) is 25.7 Å². The molecule has 1 fully saturated rings. The quantitative estimate of drug-likeness (QED) is 0.522. The Morgan fingerprint density at radius 1 is 1.43 bits per heavy atom. The van der Waals surface area contributed by atoms with Gasteiger partial charge in [-0.25, -0.2) is 0 Å². The van der Waals surface area contributed by atoms with Crippen molar-refractivity contribution in [3.63, 3.8) is 0 Å². The normalized spacial score (nSPS) is 18.4. The summed E-state index contributed by atoms with van der Waals surface area (Å²) in [6, 6.07) is 0. The molecule has 0 nitrogen and oxygen atoms in total. The summed E-state index contributed by atoms with van der Waals surface area (Å²) >= 11 is 0. The Balaban J connectivity index is 0.000000360. The topological polar surface area (TPSA) is 0 Å². The zero-order valence-corrected chi connectivity index (χ0v) is 5.91. The molecule has 1 heteroatoms. The van der Waals surface area contributed by atoms with Crippen LogP contribution in [-0.2, 0) is 0 Å². The van der Waals surface area contributed by atoms with Crippen LogP contribution in [0.25, 0.3) is 0 Å². The first-order chi connectivity index (χ1) is 2.93. The maximum Gasteiger partial charge on any atom is -0.0414 e. The molecule has 0 N–H and O–H groups in total. The van der Waals surface area contributed by atoms with Crippen LogP contribution in [0.2, 0.25) is 0 Å². The third-order valence-corrected chi connectivity index (χ3v) is 1.39. The van der Waals surface area contributed by atoms with Crippen molar-refractivity contribution < 1.29 is 0 Å². The monoisotopic (exact) mass is 118 g/mol. The number of hydrogen-bond donors (Lipinski definition) is 0. The molecule has 7 heavy (non-hydrogen) atoms. The summed E-state index contributed by atoms with van der Waals surface area (Å²) in [6.07, 6.45) is 5.92. The molecule has 0 heterocycles. The zero-order chi connectivity index (χ0) is 4.41. The Morgan fingerprint density at radius 2 is 2.00 bits per heavy atom. The summed E-state index contributed by atoms with van der Waals surface area (Å²) in [4.78, 5) is 0. The second-order valence-electron chi connectivity index (χ2n) is 2.23. The molecule has 44 valence electrons. The molecule has 1 aliphatic carbocycles. The zero-order valence-electron chi connectivity index (χ0n) is 4.91. The third-order valence-electron chi connectivity index (χ3n) is 1.39. The lowest BCUT2D eigenvalue weighted by Crippen LogP contribution is -1.68. The van der Waals surface area contributed by atoms with Crippen LogP contribution in [0.4, 0.5) is 0 Å². The van der Waals surface area contributed by atoms with E-state index in [0.29, 0.717) is 0 Å². The molecule has 0 aromatic heterocycles. The molecule has 0 radical (unpaired) electrons. The first-order valence-corrected chi connectivity index (χ1v) is 2.93. The second-order valence-corrected chi connectivity index (χ2v) is 2.23. The maximum atomic E-state index is 2.26. The molecule has 1 rings (SSSR count). The predicted octanol–water partition coefficient (Wildman–Crippen LogP) is 2.31. The van der Waals surface area contributed by atoms with Gasteiger partial charge in [0.05, 0.1) is 0 Å². The average Bonchev–Trinajstić information content (AvgIpc) is 2.21. The fraction of sp³-hybridized carbons (Fsp3) is 1.00. The van der Waals surface area contributed by atoms with Gasteiger partial charge in [-0.2, -0.15) is 13.5 Å². The molecule has 0 amide bonds. The Morgan fingerprint density at radius 3 is 2.14 bits per heavy atom. The van der Waals surface area contributed by atoms with Crippen LogP contribution in [0.1, 0.15) is 32.6 Å². The summed E-state index contributed by atoms with van der Waals surface area (Å²) in [5, 5.41) is 0. The minimum atomic E-state index is 0. The lowest BCUT2D eigenvalue weighted by molar-refractivity contribution is 0.708. The number of hydrogen-bond acceptors (Lipinski definition) is 0. The molecule has 0 aromatic rings. The van der Waals surface area contributed by atoms with Gasteiger partial charge in [0.15, 0.2) is 0 Å². The highest BCUT2D eigenvalue weighted by Crippen LogP contribution is 2.32. The lowest BCUT2D eigenvalue weighted by Gasteiger charge is -1.82. The Hall–Kier alpha value is 0.350. The lowest BCUT2D eigenvalue weighted by atomic mass is 10.2. The van der Waals surface area contributed by atoms with Gasteiger partial charge in [0, 0.05) is 0 Å². The van der Waals surface area contributed by atoms with Gasteiger partial charge in [-0.05, 0) is 5.92 Å². The van der Waals surface area contributed by atoms with Gasteiger partial charge in [0.1, 0.15) is 0 Å². The van der Waals surface area contributed by atoms with Crippen molar-refractivity contribution in [3.05, 3.63) is 0 Å². The number of rotatable bonds is 2. The van der Waals surface area contributed by atoms with E-state index in [1.807, 2.05) is 0 Å². The van der Waals surface area contributed by atoms with E-state index in [4.69, 9.17) is 0 Å². The van der Waals surface area contributed by atoms with E-state index in [2.05, 4.69) is 6.92 Å².